The molecular formula is C27H25N7OS. The zero-order valence-electron chi connectivity index (χ0n) is 19.9. The van der Waals surface area contributed by atoms with Crippen LogP contribution in [-0.4, -0.2) is 37.1 Å². The minimum absolute atomic E-state index is 0.0724. The monoisotopic (exact) mass is 495 g/mol. The third-order valence-electron chi connectivity index (χ3n) is 6.15. The molecule has 0 fully saturated rings. The van der Waals surface area contributed by atoms with E-state index in [1.165, 1.54) is 5.57 Å². The normalized spacial score (nSPS) is 13.8. The molecule has 1 aliphatic carbocycles. The summed E-state index contributed by atoms with van der Waals surface area (Å²) in [5.74, 6) is 1.33. The van der Waals surface area contributed by atoms with Gasteiger partial charge in [0.05, 0.1) is 16.4 Å². The van der Waals surface area contributed by atoms with Crippen LogP contribution in [0.25, 0.3) is 38.1 Å². The minimum Gasteiger partial charge on any atom is -0.351 e. The first kappa shape index (κ1) is 22.2. The number of aromatic amines is 2. The number of anilines is 1. The van der Waals surface area contributed by atoms with Gasteiger partial charge in [-0.15, -0.1) is 11.3 Å². The maximum atomic E-state index is 12.4. The summed E-state index contributed by atoms with van der Waals surface area (Å²) >= 11 is 1.63. The fourth-order valence-corrected chi connectivity index (χ4v) is 5.14. The number of fused-ring (bicyclic) bond motifs is 2. The maximum Gasteiger partial charge on any atom is 0.267 e. The molecule has 1 aliphatic rings. The molecule has 1 amide bonds. The van der Waals surface area contributed by atoms with Crippen LogP contribution in [0.4, 0.5) is 5.82 Å². The summed E-state index contributed by atoms with van der Waals surface area (Å²) in [4.78, 5) is 25.4. The van der Waals surface area contributed by atoms with Crippen LogP contribution in [0.2, 0.25) is 0 Å². The number of carbonyl (C=O) groups is 1. The van der Waals surface area contributed by atoms with Crippen molar-refractivity contribution < 1.29 is 4.79 Å². The molecule has 180 valence electrons. The number of aromatic nitrogens is 5. The summed E-state index contributed by atoms with van der Waals surface area (Å²) in [6.45, 7) is 3.89. The molecule has 36 heavy (non-hydrogen) atoms. The van der Waals surface area contributed by atoms with Gasteiger partial charge in [0, 0.05) is 40.0 Å². The van der Waals surface area contributed by atoms with Crippen molar-refractivity contribution in [2.45, 2.75) is 32.7 Å². The van der Waals surface area contributed by atoms with Crippen molar-refractivity contribution in [1.82, 2.24) is 30.5 Å². The molecule has 9 heteroatoms. The molecule has 0 atom stereocenters. The predicted octanol–water partition coefficient (Wildman–Crippen LogP) is 5.87. The van der Waals surface area contributed by atoms with Crippen molar-refractivity contribution in [1.29, 1.82) is 0 Å². The number of allylic oxidation sites excluding steroid dienone is 4. The van der Waals surface area contributed by atoms with Gasteiger partial charge >= 0.3 is 0 Å². The second kappa shape index (κ2) is 9.09. The number of amides is 1. The number of hydrogen-bond acceptors (Lipinski definition) is 6. The average molecular weight is 496 g/mol. The standard InChI is InChI=1S/C27H25N7OS/c1-15(2)30-27(35)23-11-17-3-4-18(12-22(17)32-23)25-33-21-9-10-36-24(21)26(34-25)31-20-7-5-16(6-8-20)19-13-28-29-14-19/h3-5,7,9-15,32H,6,8H2,1-2H3,(H,28,29)(H,30,35)(H,31,33,34). The van der Waals surface area contributed by atoms with Crippen LogP contribution in [0.3, 0.4) is 0 Å². The number of hydrogen-bond donors (Lipinski definition) is 4. The highest BCUT2D eigenvalue weighted by Gasteiger charge is 2.16. The Morgan fingerprint density at radius 3 is 2.78 bits per heavy atom. The second-order valence-electron chi connectivity index (χ2n) is 9.14. The topological polar surface area (TPSA) is 111 Å². The molecular weight excluding hydrogens is 470 g/mol. The van der Waals surface area contributed by atoms with E-state index in [2.05, 4.69) is 38.0 Å². The van der Waals surface area contributed by atoms with Crippen molar-refractivity contribution in [3.8, 4) is 11.4 Å². The van der Waals surface area contributed by atoms with Gasteiger partial charge in [-0.3, -0.25) is 9.89 Å². The Bertz CT molecular complexity index is 1640. The van der Waals surface area contributed by atoms with Gasteiger partial charge in [0.2, 0.25) is 0 Å². The van der Waals surface area contributed by atoms with Gasteiger partial charge in [-0.1, -0.05) is 18.2 Å². The number of H-pyrrole nitrogens is 2. The van der Waals surface area contributed by atoms with Gasteiger partial charge in [-0.05, 0) is 61.9 Å². The summed E-state index contributed by atoms with van der Waals surface area (Å²) in [5.41, 5.74) is 6.70. The van der Waals surface area contributed by atoms with E-state index in [-0.39, 0.29) is 11.9 Å². The van der Waals surface area contributed by atoms with Crippen LogP contribution in [0, 0.1) is 0 Å². The van der Waals surface area contributed by atoms with E-state index in [1.807, 2.05) is 62.0 Å². The number of nitrogens with one attached hydrogen (secondary N) is 4. The van der Waals surface area contributed by atoms with E-state index < -0.39 is 0 Å². The van der Waals surface area contributed by atoms with Gasteiger partial charge in [0.25, 0.3) is 5.91 Å². The molecule has 4 aromatic heterocycles. The van der Waals surface area contributed by atoms with E-state index in [9.17, 15) is 4.79 Å². The maximum absolute atomic E-state index is 12.4. The number of nitrogens with zero attached hydrogens (tertiary/aromatic N) is 3. The lowest BCUT2D eigenvalue weighted by molar-refractivity contribution is 0.0939. The zero-order chi connectivity index (χ0) is 24.6. The fraction of sp³-hybridized carbons (Fsp3) is 0.185. The molecule has 1 aromatic carbocycles. The lowest BCUT2D eigenvalue weighted by Gasteiger charge is -2.16. The SMILES string of the molecule is CC(C)NC(=O)c1cc2ccc(-c3nc(NC4=CC=C(c5cn[nH]c5)CC4)c4sccc4n3)cc2[nH]1. The number of benzene rings is 1. The number of rotatable bonds is 6. The first-order chi connectivity index (χ1) is 17.5. The highest BCUT2D eigenvalue weighted by atomic mass is 32.1. The largest absolute Gasteiger partial charge is 0.351 e. The third-order valence-corrected chi connectivity index (χ3v) is 7.06. The van der Waals surface area contributed by atoms with Gasteiger partial charge in [0.15, 0.2) is 11.6 Å². The van der Waals surface area contributed by atoms with Crippen LogP contribution < -0.4 is 10.6 Å². The molecule has 8 nitrogen and oxygen atoms in total. The summed E-state index contributed by atoms with van der Waals surface area (Å²) in [7, 11) is 0. The number of carbonyl (C=O) groups excluding carboxylic acids is 1. The first-order valence-electron chi connectivity index (χ1n) is 11.9. The fourth-order valence-electron chi connectivity index (χ4n) is 4.37. The molecule has 0 bridgehead atoms. The van der Waals surface area contributed by atoms with E-state index in [0.717, 1.165) is 56.6 Å². The van der Waals surface area contributed by atoms with Gasteiger partial charge < -0.3 is 15.6 Å². The van der Waals surface area contributed by atoms with Crippen molar-refractivity contribution in [2.75, 3.05) is 5.32 Å². The molecule has 4 heterocycles. The molecule has 0 spiro atoms. The molecule has 0 aliphatic heterocycles. The molecule has 0 unspecified atom stereocenters. The average Bonchev–Trinajstić information content (AvgIpc) is 3.64. The summed E-state index contributed by atoms with van der Waals surface area (Å²) in [5, 5.41) is 16.4. The Morgan fingerprint density at radius 2 is 2.00 bits per heavy atom. The summed E-state index contributed by atoms with van der Waals surface area (Å²) in [6.07, 6.45) is 9.84. The Labute approximate surface area is 211 Å². The quantitative estimate of drug-likeness (QED) is 0.235. The smallest absolute Gasteiger partial charge is 0.267 e. The van der Waals surface area contributed by atoms with E-state index in [1.54, 1.807) is 11.3 Å². The van der Waals surface area contributed by atoms with Crippen molar-refractivity contribution in [3.63, 3.8) is 0 Å². The van der Waals surface area contributed by atoms with E-state index >= 15 is 0 Å². The molecule has 0 saturated carbocycles. The highest BCUT2D eigenvalue weighted by Crippen LogP contribution is 2.33. The molecule has 0 radical (unpaired) electrons. The van der Waals surface area contributed by atoms with Crippen molar-refractivity contribution >= 4 is 49.8 Å². The van der Waals surface area contributed by atoms with Crippen molar-refractivity contribution in [3.05, 3.63) is 77.2 Å². The van der Waals surface area contributed by atoms with E-state index in [0.29, 0.717) is 11.5 Å². The highest BCUT2D eigenvalue weighted by molar-refractivity contribution is 7.17. The van der Waals surface area contributed by atoms with Gasteiger partial charge in [-0.2, -0.15) is 5.10 Å². The Kier molecular flexibility index (Phi) is 5.61. The van der Waals surface area contributed by atoms with Crippen LogP contribution in [0.1, 0.15) is 42.7 Å². The van der Waals surface area contributed by atoms with Crippen LogP contribution in [0.15, 0.2) is 66.0 Å². The van der Waals surface area contributed by atoms with Gasteiger partial charge in [0.1, 0.15) is 5.69 Å². The molecule has 4 N–H and O–H groups in total. The number of thiophene rings is 1. The Balaban J connectivity index is 1.32. The third kappa shape index (κ3) is 4.29. The van der Waals surface area contributed by atoms with Crippen molar-refractivity contribution in [2.24, 2.45) is 0 Å². The lowest BCUT2D eigenvalue weighted by Crippen LogP contribution is -2.30. The minimum atomic E-state index is -0.115. The first-order valence-corrected chi connectivity index (χ1v) is 12.8. The Morgan fingerprint density at radius 1 is 1.08 bits per heavy atom. The second-order valence-corrected chi connectivity index (χ2v) is 10.1. The molecule has 0 saturated heterocycles. The predicted molar refractivity (Wildman–Crippen MR) is 145 cm³/mol. The Hall–Kier alpha value is -4.24. The van der Waals surface area contributed by atoms with E-state index in [4.69, 9.17) is 9.97 Å². The van der Waals surface area contributed by atoms with Crippen LogP contribution >= 0.6 is 11.3 Å². The summed E-state index contributed by atoms with van der Waals surface area (Å²) < 4.78 is 1.03. The molecule has 6 rings (SSSR count). The zero-order valence-corrected chi connectivity index (χ0v) is 20.7. The van der Waals surface area contributed by atoms with Crippen LogP contribution in [-0.2, 0) is 0 Å². The lowest BCUT2D eigenvalue weighted by atomic mass is 9.98. The molecule has 5 aromatic rings. The van der Waals surface area contributed by atoms with Gasteiger partial charge in [-0.25, -0.2) is 9.97 Å². The summed E-state index contributed by atoms with van der Waals surface area (Å²) in [6, 6.07) is 9.95. The van der Waals surface area contributed by atoms with Crippen LogP contribution in [0.5, 0.6) is 0 Å².